The number of carbonyl (C=O) groups excluding carboxylic acids is 3. The third-order valence-corrected chi connectivity index (χ3v) is 9.74. The van der Waals surface area contributed by atoms with Crippen molar-refractivity contribution in [3.05, 3.63) is 88.0 Å². The Morgan fingerprint density at radius 3 is 2.67 bits per heavy atom. The lowest BCUT2D eigenvalue weighted by Crippen LogP contribution is -2.42. The second-order valence-corrected chi connectivity index (χ2v) is 15.1. The molecule has 284 valence electrons. The predicted octanol–water partition coefficient (Wildman–Crippen LogP) is 5.14. The Balaban J connectivity index is 1.02. The van der Waals surface area contributed by atoms with Crippen molar-refractivity contribution >= 4 is 46.7 Å². The van der Waals surface area contributed by atoms with Crippen LogP contribution in [0.5, 0.6) is 0 Å². The Bertz CT molecular complexity index is 2100. The van der Waals surface area contributed by atoms with Crippen LogP contribution in [0.15, 0.2) is 48.9 Å². The first-order valence-corrected chi connectivity index (χ1v) is 18.2. The molecule has 14 nitrogen and oxygen atoms in total. The van der Waals surface area contributed by atoms with Crippen molar-refractivity contribution < 1.29 is 33.8 Å². The number of pyridine rings is 2. The van der Waals surface area contributed by atoms with Crippen LogP contribution < -0.4 is 10.6 Å². The van der Waals surface area contributed by atoms with Crippen molar-refractivity contribution in [2.75, 3.05) is 32.1 Å². The molecule has 1 aliphatic heterocycles. The molecule has 2 aliphatic rings. The third-order valence-electron chi connectivity index (χ3n) is 9.74. The first-order chi connectivity index (χ1) is 25.7. The van der Waals surface area contributed by atoms with Crippen LogP contribution in [0.3, 0.4) is 0 Å². The molecule has 0 radical (unpaired) electrons. The normalized spacial score (nSPS) is 16.7. The van der Waals surface area contributed by atoms with Gasteiger partial charge in [0, 0.05) is 62.1 Å². The number of amides is 3. The summed E-state index contributed by atoms with van der Waals surface area (Å²) in [6.07, 6.45) is 11.7. The molecule has 1 aromatic carbocycles. The number of carboxylic acids is 1. The van der Waals surface area contributed by atoms with Gasteiger partial charge in [0.15, 0.2) is 0 Å². The smallest absolute Gasteiger partial charge is 0.410 e. The van der Waals surface area contributed by atoms with Crippen LogP contribution in [0.4, 0.5) is 10.6 Å². The minimum Gasteiger partial charge on any atom is -0.480 e. The highest BCUT2D eigenvalue weighted by Crippen LogP contribution is 2.46. The second kappa shape index (κ2) is 15.8. The Kier molecular flexibility index (Phi) is 11.1. The maximum atomic E-state index is 13.5. The number of benzene rings is 1. The van der Waals surface area contributed by atoms with Gasteiger partial charge in [-0.25, -0.2) is 14.6 Å². The van der Waals surface area contributed by atoms with Gasteiger partial charge < -0.3 is 30.1 Å². The molecule has 0 unspecified atom stereocenters. The number of fused-ring (bicyclic) bond motifs is 4. The summed E-state index contributed by atoms with van der Waals surface area (Å²) in [5, 5.41) is 23.4. The summed E-state index contributed by atoms with van der Waals surface area (Å²) >= 11 is 0. The number of ether oxygens (including phenoxy) is 2. The molecule has 0 fully saturated rings. The summed E-state index contributed by atoms with van der Waals surface area (Å²) in [7, 11) is 1.74. The Morgan fingerprint density at radius 2 is 1.89 bits per heavy atom. The van der Waals surface area contributed by atoms with Gasteiger partial charge in [-0.2, -0.15) is 5.10 Å². The van der Waals surface area contributed by atoms with Crippen molar-refractivity contribution in [1.29, 1.82) is 0 Å². The number of hydrogen-bond acceptors (Lipinski definition) is 9. The topological polar surface area (TPSA) is 189 Å². The molecule has 1 aliphatic carbocycles. The lowest BCUT2D eigenvalue weighted by Gasteiger charge is -2.24. The number of nitrogens with one attached hydrogen (secondary N) is 3. The van der Waals surface area contributed by atoms with E-state index in [-0.39, 0.29) is 24.0 Å². The number of H-pyrrole nitrogens is 1. The number of anilines is 1. The quantitative estimate of drug-likeness (QED) is 0.126. The Morgan fingerprint density at radius 1 is 1.07 bits per heavy atom. The highest BCUT2D eigenvalue weighted by Gasteiger charge is 2.52. The number of rotatable bonds is 14. The van der Waals surface area contributed by atoms with Crippen LogP contribution >= 0.6 is 0 Å². The largest absolute Gasteiger partial charge is 0.480 e. The second-order valence-electron chi connectivity index (χ2n) is 15.1. The standard InChI is InChI=1S/C40H47N7O7/c1-24-14-26(15-28-23-43-46-33(24)28)17-31(36(49)50)44-35(48)29-18-27-19-40(20-32(27)41-22-29)30-16-25(21-42-34(30)45-37(40)51)10-9-13-53-12-8-6-7-11-47(5)38(52)54-39(2,3)4/h9-10,14-16,18,21-23,31H,6-8,11-13,17,19-20H2,1-5H3,(H,43,46)(H,44,48)(H,49,50)(H,42,45,51)/b10-9+/t31-,40+/m1/s1. The van der Waals surface area contributed by atoms with Crippen LogP contribution in [0.1, 0.15) is 83.9 Å². The molecule has 0 saturated heterocycles. The fourth-order valence-electron chi connectivity index (χ4n) is 6.99. The average Bonchev–Trinajstić information content (AvgIpc) is 3.82. The van der Waals surface area contributed by atoms with Crippen LogP contribution in [-0.2, 0) is 43.7 Å². The van der Waals surface area contributed by atoms with E-state index in [0.717, 1.165) is 58.0 Å². The van der Waals surface area contributed by atoms with E-state index in [2.05, 4.69) is 30.8 Å². The van der Waals surface area contributed by atoms with Gasteiger partial charge in [0.1, 0.15) is 17.5 Å². The van der Waals surface area contributed by atoms with Crippen molar-refractivity contribution in [2.45, 2.75) is 83.3 Å². The van der Waals surface area contributed by atoms with E-state index < -0.39 is 28.9 Å². The summed E-state index contributed by atoms with van der Waals surface area (Å²) in [5.74, 6) is -1.38. The van der Waals surface area contributed by atoms with Gasteiger partial charge in [-0.3, -0.25) is 19.7 Å². The highest BCUT2D eigenvalue weighted by atomic mass is 16.6. The van der Waals surface area contributed by atoms with Crippen LogP contribution in [0, 0.1) is 6.92 Å². The fraction of sp³-hybridized carbons (Fsp3) is 0.425. The maximum Gasteiger partial charge on any atom is 0.410 e. The van der Waals surface area contributed by atoms with E-state index in [1.807, 2.05) is 58.0 Å². The zero-order valence-electron chi connectivity index (χ0n) is 31.3. The van der Waals surface area contributed by atoms with E-state index in [1.165, 1.54) is 6.20 Å². The van der Waals surface area contributed by atoms with Gasteiger partial charge in [0.2, 0.25) is 5.91 Å². The van der Waals surface area contributed by atoms with Crippen molar-refractivity contribution in [1.82, 2.24) is 30.4 Å². The number of nitrogens with zero attached hydrogens (tertiary/aromatic N) is 4. The zero-order chi connectivity index (χ0) is 38.6. The molecule has 0 bridgehead atoms. The molecule has 4 aromatic rings. The van der Waals surface area contributed by atoms with Crippen molar-refractivity contribution in [2.24, 2.45) is 0 Å². The van der Waals surface area contributed by atoms with Gasteiger partial charge in [0.25, 0.3) is 5.91 Å². The summed E-state index contributed by atoms with van der Waals surface area (Å²) < 4.78 is 11.2. The van der Waals surface area contributed by atoms with Crippen LogP contribution in [0.25, 0.3) is 17.0 Å². The first kappa shape index (κ1) is 38.1. The predicted molar refractivity (Wildman–Crippen MR) is 202 cm³/mol. The fourth-order valence-corrected chi connectivity index (χ4v) is 6.99. The molecular weight excluding hydrogens is 690 g/mol. The number of aryl methyl sites for hydroxylation is 1. The van der Waals surface area contributed by atoms with Crippen LogP contribution in [0.2, 0.25) is 0 Å². The monoisotopic (exact) mass is 737 g/mol. The molecule has 4 heterocycles. The minimum absolute atomic E-state index is 0.0914. The van der Waals surface area contributed by atoms with Crippen molar-refractivity contribution in [3.8, 4) is 0 Å². The lowest BCUT2D eigenvalue weighted by molar-refractivity contribution is -0.139. The van der Waals surface area contributed by atoms with Gasteiger partial charge in [-0.15, -0.1) is 0 Å². The first-order valence-electron chi connectivity index (χ1n) is 18.2. The molecule has 6 rings (SSSR count). The number of carbonyl (C=O) groups is 4. The van der Waals surface area contributed by atoms with Gasteiger partial charge >= 0.3 is 12.1 Å². The van der Waals surface area contributed by atoms with Gasteiger partial charge in [0.05, 0.1) is 29.3 Å². The molecule has 1 spiro atoms. The third kappa shape index (κ3) is 8.60. The van der Waals surface area contributed by atoms with E-state index >= 15 is 0 Å². The van der Waals surface area contributed by atoms with E-state index in [1.54, 1.807) is 30.4 Å². The minimum atomic E-state index is -1.17. The molecule has 3 aromatic heterocycles. The molecule has 3 amide bonds. The van der Waals surface area contributed by atoms with Crippen molar-refractivity contribution in [3.63, 3.8) is 0 Å². The van der Waals surface area contributed by atoms with Gasteiger partial charge in [-0.05, 0) is 93.8 Å². The van der Waals surface area contributed by atoms with Gasteiger partial charge in [-0.1, -0.05) is 18.2 Å². The average molecular weight is 738 g/mol. The number of aromatic nitrogens is 4. The number of hydrogen-bond donors (Lipinski definition) is 4. The number of aromatic amines is 1. The molecule has 14 heteroatoms. The number of carboxylic acid groups (broad SMARTS) is 1. The SMILES string of the molecule is Cc1cc(C[C@@H](NC(=O)c2cnc3c(c2)C[C@@]2(C3)C(=O)Nc3ncc(/C=C/COCCCCCN(C)C(=O)OC(C)(C)C)cc32)C(=O)O)cc2cn[nH]c12. The Hall–Kier alpha value is -5.63. The van der Waals surface area contributed by atoms with Crippen LogP contribution in [-0.4, -0.2) is 92.5 Å². The molecule has 0 saturated carbocycles. The van der Waals surface area contributed by atoms with E-state index in [0.29, 0.717) is 44.1 Å². The summed E-state index contributed by atoms with van der Waals surface area (Å²) in [4.78, 5) is 61.8. The summed E-state index contributed by atoms with van der Waals surface area (Å²) in [5.41, 5.74) is 4.42. The number of unbranched alkanes of at least 4 members (excludes halogenated alkanes) is 2. The summed E-state index contributed by atoms with van der Waals surface area (Å²) in [6, 6.07) is 6.24. The highest BCUT2D eigenvalue weighted by molar-refractivity contribution is 6.06. The Labute approximate surface area is 313 Å². The maximum absolute atomic E-state index is 13.5. The zero-order valence-corrected chi connectivity index (χ0v) is 31.3. The lowest BCUT2D eigenvalue weighted by atomic mass is 9.79. The molecule has 54 heavy (non-hydrogen) atoms. The number of aliphatic carboxylic acids is 1. The summed E-state index contributed by atoms with van der Waals surface area (Å²) in [6.45, 7) is 9.09. The molecule has 4 N–H and O–H groups in total. The molecule has 2 atom stereocenters. The van der Waals surface area contributed by atoms with E-state index in [9.17, 15) is 24.3 Å². The molecular formula is C40H47N7O7. The van der Waals surface area contributed by atoms with E-state index in [4.69, 9.17) is 9.47 Å².